The fourth-order valence-corrected chi connectivity index (χ4v) is 3.11. The van der Waals surface area contributed by atoms with Crippen LogP contribution in [0.25, 0.3) is 0 Å². The number of guanidine groups is 1. The second kappa shape index (κ2) is 10.3. The fraction of sp³-hybridized carbons (Fsp3) is 0.375. The maximum atomic E-state index is 12.6. The molecule has 0 saturated carbocycles. The van der Waals surface area contributed by atoms with Crippen molar-refractivity contribution in [2.24, 2.45) is 4.99 Å². The van der Waals surface area contributed by atoms with E-state index in [9.17, 15) is 13.2 Å². The molecule has 1 atom stereocenters. The van der Waals surface area contributed by atoms with Gasteiger partial charge in [0, 0.05) is 16.9 Å². The zero-order valence-corrected chi connectivity index (χ0v) is 18.0. The number of aliphatic imine (C=N–C) groups is 1. The van der Waals surface area contributed by atoms with Gasteiger partial charge in [-0.3, -0.25) is 0 Å². The van der Waals surface area contributed by atoms with Crippen molar-refractivity contribution in [1.29, 1.82) is 0 Å². The molecule has 26 heavy (non-hydrogen) atoms. The molecule has 0 bridgehead atoms. The van der Waals surface area contributed by atoms with E-state index < -0.39 is 11.9 Å². The van der Waals surface area contributed by atoms with Crippen molar-refractivity contribution in [3.05, 3.63) is 50.9 Å². The monoisotopic (exact) mass is 518 g/mol. The largest absolute Gasteiger partial charge is 0.434 e. The molecule has 2 aromatic rings. The van der Waals surface area contributed by atoms with E-state index in [4.69, 9.17) is 11.6 Å². The van der Waals surface area contributed by atoms with Crippen LogP contribution in [0, 0.1) is 0 Å². The Balaban J connectivity index is 0.00000338. The molecule has 144 valence electrons. The van der Waals surface area contributed by atoms with Crippen molar-refractivity contribution >= 4 is 52.9 Å². The number of alkyl halides is 3. The summed E-state index contributed by atoms with van der Waals surface area (Å²) < 4.78 is 37.8. The van der Waals surface area contributed by atoms with E-state index >= 15 is 0 Å². The Morgan fingerprint density at radius 2 is 2.04 bits per heavy atom. The number of rotatable bonds is 5. The summed E-state index contributed by atoms with van der Waals surface area (Å²) in [5.41, 5.74) is 0.0217. The second-order valence-electron chi connectivity index (χ2n) is 5.21. The van der Waals surface area contributed by atoms with Crippen molar-refractivity contribution in [3.8, 4) is 0 Å². The Bertz CT molecular complexity index is 736. The molecule has 0 spiro atoms. The summed E-state index contributed by atoms with van der Waals surface area (Å²) in [6, 6.07) is 7.32. The number of thiazole rings is 1. The van der Waals surface area contributed by atoms with Crippen molar-refractivity contribution < 1.29 is 13.2 Å². The number of benzene rings is 1. The SMILES string of the molecule is CCNC(=NCc1nc(C(F)(F)F)cs1)NC(C)c1ccccc1Cl.I. The van der Waals surface area contributed by atoms with E-state index in [0.717, 1.165) is 22.3 Å². The summed E-state index contributed by atoms with van der Waals surface area (Å²) in [4.78, 5) is 7.88. The van der Waals surface area contributed by atoms with Crippen molar-refractivity contribution in [1.82, 2.24) is 15.6 Å². The predicted octanol–water partition coefficient (Wildman–Crippen LogP) is 5.25. The normalized spacial score (nSPS) is 13.1. The Morgan fingerprint density at radius 3 is 2.62 bits per heavy atom. The molecule has 0 aliphatic carbocycles. The van der Waals surface area contributed by atoms with Gasteiger partial charge in [0.05, 0.1) is 12.6 Å². The first-order valence-corrected chi connectivity index (χ1v) is 8.88. The summed E-state index contributed by atoms with van der Waals surface area (Å²) in [6.45, 7) is 4.51. The zero-order valence-electron chi connectivity index (χ0n) is 14.1. The van der Waals surface area contributed by atoms with Crippen LogP contribution in [-0.4, -0.2) is 17.5 Å². The first-order chi connectivity index (χ1) is 11.8. The lowest BCUT2D eigenvalue weighted by Gasteiger charge is -2.19. The van der Waals surface area contributed by atoms with Gasteiger partial charge in [-0.15, -0.1) is 35.3 Å². The highest BCUT2D eigenvalue weighted by Crippen LogP contribution is 2.30. The smallest absolute Gasteiger partial charge is 0.357 e. The van der Waals surface area contributed by atoms with E-state index in [1.165, 1.54) is 0 Å². The minimum absolute atomic E-state index is 0. The highest BCUT2D eigenvalue weighted by atomic mass is 127. The van der Waals surface area contributed by atoms with E-state index in [1.807, 2.05) is 32.0 Å². The maximum Gasteiger partial charge on any atom is 0.434 e. The van der Waals surface area contributed by atoms with Crippen molar-refractivity contribution in [2.45, 2.75) is 32.6 Å². The van der Waals surface area contributed by atoms with E-state index in [2.05, 4.69) is 20.6 Å². The first kappa shape index (κ1) is 23.0. The van der Waals surface area contributed by atoms with Gasteiger partial charge in [0.2, 0.25) is 0 Å². The van der Waals surface area contributed by atoms with Crippen LogP contribution in [-0.2, 0) is 12.7 Å². The summed E-state index contributed by atoms with van der Waals surface area (Å²) in [7, 11) is 0. The van der Waals surface area contributed by atoms with Crippen LogP contribution in [0.5, 0.6) is 0 Å². The molecule has 1 unspecified atom stereocenters. The molecule has 0 radical (unpaired) electrons. The highest BCUT2D eigenvalue weighted by molar-refractivity contribution is 14.0. The van der Waals surface area contributed by atoms with Crippen LogP contribution in [0.4, 0.5) is 13.2 Å². The molecule has 1 aromatic carbocycles. The molecule has 0 aliphatic heterocycles. The van der Waals surface area contributed by atoms with Crippen LogP contribution < -0.4 is 10.6 Å². The number of aromatic nitrogens is 1. The summed E-state index contributed by atoms with van der Waals surface area (Å²) in [5.74, 6) is 0.485. The van der Waals surface area contributed by atoms with Gasteiger partial charge in [0.1, 0.15) is 5.01 Å². The molecule has 1 aromatic heterocycles. The summed E-state index contributed by atoms with van der Waals surface area (Å²) in [5, 5.41) is 8.18. The molecule has 0 aliphatic rings. The molecule has 10 heteroatoms. The third-order valence-electron chi connectivity index (χ3n) is 3.28. The zero-order chi connectivity index (χ0) is 18.4. The minimum Gasteiger partial charge on any atom is -0.357 e. The molecule has 2 N–H and O–H groups in total. The molecule has 0 amide bonds. The van der Waals surface area contributed by atoms with Crippen LogP contribution in [0.15, 0.2) is 34.6 Å². The molecule has 4 nitrogen and oxygen atoms in total. The van der Waals surface area contributed by atoms with Crippen molar-refractivity contribution in [3.63, 3.8) is 0 Å². The van der Waals surface area contributed by atoms with Gasteiger partial charge in [-0.25, -0.2) is 9.98 Å². The lowest BCUT2D eigenvalue weighted by atomic mass is 10.1. The van der Waals surface area contributed by atoms with E-state index in [0.29, 0.717) is 22.5 Å². The summed E-state index contributed by atoms with van der Waals surface area (Å²) >= 11 is 7.12. The standard InChI is InChI=1S/C16H18ClF3N4S.HI/c1-3-21-15(23-10(2)11-6-4-5-7-12(11)17)22-8-14-24-13(9-25-14)16(18,19)20;/h4-7,9-10H,3,8H2,1-2H3,(H2,21,22,23);1H. The van der Waals surface area contributed by atoms with E-state index in [1.54, 1.807) is 6.07 Å². The second-order valence-corrected chi connectivity index (χ2v) is 6.56. The van der Waals surface area contributed by atoms with Gasteiger partial charge < -0.3 is 10.6 Å². The van der Waals surface area contributed by atoms with Gasteiger partial charge in [-0.05, 0) is 25.5 Å². The Labute approximate surface area is 176 Å². The third-order valence-corrected chi connectivity index (χ3v) is 4.46. The van der Waals surface area contributed by atoms with Crippen LogP contribution in [0.3, 0.4) is 0 Å². The number of nitrogens with zero attached hydrogens (tertiary/aromatic N) is 2. The highest BCUT2D eigenvalue weighted by Gasteiger charge is 2.33. The van der Waals surface area contributed by atoms with Crippen LogP contribution in [0.1, 0.15) is 36.2 Å². The van der Waals surface area contributed by atoms with Gasteiger partial charge >= 0.3 is 6.18 Å². The average Bonchev–Trinajstić information content (AvgIpc) is 3.02. The topological polar surface area (TPSA) is 49.3 Å². The minimum atomic E-state index is -4.43. The lowest BCUT2D eigenvalue weighted by Crippen LogP contribution is -2.38. The third kappa shape index (κ3) is 6.58. The molecule has 0 saturated heterocycles. The Morgan fingerprint density at radius 1 is 1.35 bits per heavy atom. The molecule has 2 rings (SSSR count). The summed E-state index contributed by atoms with van der Waals surface area (Å²) in [6.07, 6.45) is -4.43. The van der Waals surface area contributed by atoms with Gasteiger partial charge in [-0.1, -0.05) is 29.8 Å². The van der Waals surface area contributed by atoms with Crippen molar-refractivity contribution in [2.75, 3.05) is 6.54 Å². The Hall–Kier alpha value is -1.07. The Kier molecular flexibility index (Phi) is 9.11. The van der Waals surface area contributed by atoms with Crippen LogP contribution in [0.2, 0.25) is 5.02 Å². The maximum absolute atomic E-state index is 12.6. The molecule has 0 fully saturated rings. The molecular formula is C16H19ClF3IN4S. The quantitative estimate of drug-likeness (QED) is 0.323. The lowest BCUT2D eigenvalue weighted by molar-refractivity contribution is -0.140. The van der Waals surface area contributed by atoms with E-state index in [-0.39, 0.29) is 36.6 Å². The van der Waals surface area contributed by atoms with Crippen LogP contribution >= 0.6 is 46.9 Å². The number of nitrogens with one attached hydrogen (secondary N) is 2. The average molecular weight is 519 g/mol. The fourth-order valence-electron chi connectivity index (χ4n) is 2.09. The molecule has 1 heterocycles. The number of hydrogen-bond donors (Lipinski definition) is 2. The molecular weight excluding hydrogens is 500 g/mol. The van der Waals surface area contributed by atoms with Gasteiger partial charge in [-0.2, -0.15) is 13.2 Å². The van der Waals surface area contributed by atoms with Gasteiger partial charge in [0.15, 0.2) is 11.7 Å². The predicted molar refractivity (Wildman–Crippen MR) is 110 cm³/mol. The van der Waals surface area contributed by atoms with Gasteiger partial charge in [0.25, 0.3) is 0 Å². The number of hydrogen-bond acceptors (Lipinski definition) is 3. The number of halogens is 5. The first-order valence-electron chi connectivity index (χ1n) is 7.62.